The Morgan fingerprint density at radius 3 is 2.81 bits per heavy atom. The SMILES string of the molecule is CCNC(=NCc1ccnn1C)N1CCC(CSc2ccccc2)C1.I. The number of aliphatic imine (C=N–C) groups is 1. The van der Waals surface area contributed by atoms with Crippen molar-refractivity contribution in [2.24, 2.45) is 18.0 Å². The molecule has 0 aliphatic carbocycles. The predicted octanol–water partition coefficient (Wildman–Crippen LogP) is 3.62. The van der Waals surface area contributed by atoms with E-state index in [0.717, 1.165) is 31.3 Å². The number of hydrogen-bond acceptors (Lipinski definition) is 3. The summed E-state index contributed by atoms with van der Waals surface area (Å²) in [6, 6.07) is 12.7. The molecule has 1 N–H and O–H groups in total. The van der Waals surface area contributed by atoms with Crippen molar-refractivity contribution in [1.29, 1.82) is 0 Å². The molecule has 26 heavy (non-hydrogen) atoms. The molecule has 1 unspecified atom stereocenters. The fourth-order valence-electron chi connectivity index (χ4n) is 3.03. The smallest absolute Gasteiger partial charge is 0.194 e. The molecule has 1 saturated heterocycles. The van der Waals surface area contributed by atoms with Crippen LogP contribution in [0.2, 0.25) is 0 Å². The highest BCUT2D eigenvalue weighted by Gasteiger charge is 2.24. The highest BCUT2D eigenvalue weighted by molar-refractivity contribution is 14.0. The second kappa shape index (κ2) is 10.8. The van der Waals surface area contributed by atoms with Gasteiger partial charge in [-0.05, 0) is 37.5 Å². The standard InChI is InChI=1S/C19H27N5S.HI/c1-3-20-19(21-13-17-9-11-22-23(17)2)24-12-10-16(14-24)15-25-18-7-5-4-6-8-18;/h4-9,11,16H,3,10,12-15H2,1-2H3,(H,20,21);1H. The molecule has 7 heteroatoms. The summed E-state index contributed by atoms with van der Waals surface area (Å²) in [5, 5.41) is 7.65. The highest BCUT2D eigenvalue weighted by Crippen LogP contribution is 2.25. The molecule has 3 rings (SSSR count). The van der Waals surface area contributed by atoms with Crippen LogP contribution in [0.15, 0.2) is 52.5 Å². The van der Waals surface area contributed by atoms with E-state index in [1.54, 1.807) is 0 Å². The fraction of sp³-hybridized carbons (Fsp3) is 0.474. The number of rotatable bonds is 6. The third-order valence-electron chi connectivity index (χ3n) is 4.46. The second-order valence-electron chi connectivity index (χ2n) is 6.34. The van der Waals surface area contributed by atoms with Crippen molar-refractivity contribution in [3.8, 4) is 0 Å². The first-order valence-electron chi connectivity index (χ1n) is 8.94. The molecule has 2 aromatic rings. The van der Waals surface area contributed by atoms with Gasteiger partial charge in [0.2, 0.25) is 0 Å². The summed E-state index contributed by atoms with van der Waals surface area (Å²) >= 11 is 1.96. The molecule has 0 spiro atoms. The molecule has 142 valence electrons. The molecule has 1 fully saturated rings. The van der Waals surface area contributed by atoms with Crippen molar-refractivity contribution in [1.82, 2.24) is 20.0 Å². The van der Waals surface area contributed by atoms with Crippen molar-refractivity contribution >= 4 is 41.7 Å². The normalized spacial score (nSPS) is 17.2. The van der Waals surface area contributed by atoms with E-state index in [1.165, 1.54) is 17.1 Å². The molecular weight excluding hydrogens is 457 g/mol. The Balaban J connectivity index is 0.00000243. The monoisotopic (exact) mass is 485 g/mol. The van der Waals surface area contributed by atoms with Crippen molar-refractivity contribution < 1.29 is 0 Å². The van der Waals surface area contributed by atoms with Crippen molar-refractivity contribution in [3.05, 3.63) is 48.3 Å². The summed E-state index contributed by atoms with van der Waals surface area (Å²) in [7, 11) is 1.96. The van der Waals surface area contributed by atoms with E-state index in [4.69, 9.17) is 4.99 Å². The van der Waals surface area contributed by atoms with Crippen LogP contribution in [-0.2, 0) is 13.6 Å². The van der Waals surface area contributed by atoms with Gasteiger partial charge in [0.05, 0.1) is 12.2 Å². The lowest BCUT2D eigenvalue weighted by molar-refractivity contribution is 0.474. The maximum atomic E-state index is 4.82. The van der Waals surface area contributed by atoms with E-state index in [9.17, 15) is 0 Å². The molecular formula is C19H28IN5S. The third kappa shape index (κ3) is 5.90. The zero-order valence-corrected chi connectivity index (χ0v) is 18.6. The summed E-state index contributed by atoms with van der Waals surface area (Å²) in [5.74, 6) is 2.91. The summed E-state index contributed by atoms with van der Waals surface area (Å²) < 4.78 is 1.89. The minimum Gasteiger partial charge on any atom is -0.357 e. The minimum atomic E-state index is 0. The zero-order valence-electron chi connectivity index (χ0n) is 15.5. The lowest BCUT2D eigenvalue weighted by Crippen LogP contribution is -2.40. The van der Waals surface area contributed by atoms with E-state index in [1.807, 2.05) is 35.8 Å². The Morgan fingerprint density at radius 2 is 2.12 bits per heavy atom. The van der Waals surface area contributed by atoms with E-state index in [2.05, 4.69) is 52.6 Å². The molecule has 0 radical (unpaired) electrons. The van der Waals surface area contributed by atoms with Gasteiger partial charge in [-0.3, -0.25) is 4.68 Å². The average Bonchev–Trinajstić information content (AvgIpc) is 3.27. The van der Waals surface area contributed by atoms with Gasteiger partial charge in [-0.25, -0.2) is 4.99 Å². The number of guanidine groups is 1. The van der Waals surface area contributed by atoms with Crippen molar-refractivity contribution in [3.63, 3.8) is 0 Å². The number of likely N-dealkylation sites (tertiary alicyclic amines) is 1. The minimum absolute atomic E-state index is 0. The van der Waals surface area contributed by atoms with Crippen LogP contribution in [0.1, 0.15) is 19.0 Å². The largest absolute Gasteiger partial charge is 0.357 e. The fourth-order valence-corrected chi connectivity index (χ4v) is 4.08. The zero-order chi connectivity index (χ0) is 17.5. The molecule has 1 aromatic carbocycles. The molecule has 1 aliphatic rings. The molecule has 2 heterocycles. The maximum absolute atomic E-state index is 4.82. The number of halogens is 1. The summed E-state index contributed by atoms with van der Waals surface area (Å²) in [4.78, 5) is 8.57. The van der Waals surface area contributed by atoms with Crippen LogP contribution < -0.4 is 5.32 Å². The number of benzene rings is 1. The Labute approximate surface area is 177 Å². The van der Waals surface area contributed by atoms with Crippen LogP contribution in [0.3, 0.4) is 0 Å². The van der Waals surface area contributed by atoms with Gasteiger partial charge < -0.3 is 10.2 Å². The van der Waals surface area contributed by atoms with Gasteiger partial charge in [-0.1, -0.05) is 18.2 Å². The molecule has 0 amide bonds. The van der Waals surface area contributed by atoms with E-state index >= 15 is 0 Å². The number of nitrogens with one attached hydrogen (secondary N) is 1. The molecule has 0 saturated carbocycles. The number of nitrogens with zero attached hydrogens (tertiary/aromatic N) is 4. The second-order valence-corrected chi connectivity index (χ2v) is 7.43. The van der Waals surface area contributed by atoms with Crippen LogP contribution in [0.4, 0.5) is 0 Å². The van der Waals surface area contributed by atoms with Crippen LogP contribution in [-0.4, -0.2) is 46.0 Å². The lowest BCUT2D eigenvalue weighted by atomic mass is 10.2. The Hall–Kier alpha value is -1.22. The number of hydrogen-bond donors (Lipinski definition) is 1. The first kappa shape index (κ1) is 21.1. The van der Waals surface area contributed by atoms with Gasteiger partial charge in [0.25, 0.3) is 0 Å². The van der Waals surface area contributed by atoms with Crippen LogP contribution >= 0.6 is 35.7 Å². The average molecular weight is 485 g/mol. The lowest BCUT2D eigenvalue weighted by Gasteiger charge is -2.21. The first-order valence-corrected chi connectivity index (χ1v) is 9.92. The molecule has 5 nitrogen and oxygen atoms in total. The summed E-state index contributed by atoms with van der Waals surface area (Å²) in [6.07, 6.45) is 3.06. The van der Waals surface area contributed by atoms with Crippen molar-refractivity contribution in [2.75, 3.05) is 25.4 Å². The van der Waals surface area contributed by atoms with Gasteiger partial charge >= 0.3 is 0 Å². The number of aryl methyl sites for hydroxylation is 1. The molecule has 1 aliphatic heterocycles. The Morgan fingerprint density at radius 1 is 1.31 bits per heavy atom. The molecule has 1 aromatic heterocycles. The Bertz CT molecular complexity index is 688. The summed E-state index contributed by atoms with van der Waals surface area (Å²) in [6.45, 7) is 5.84. The quantitative estimate of drug-likeness (QED) is 0.294. The number of aromatic nitrogens is 2. The van der Waals surface area contributed by atoms with E-state index in [0.29, 0.717) is 12.5 Å². The molecule has 0 bridgehead atoms. The maximum Gasteiger partial charge on any atom is 0.194 e. The van der Waals surface area contributed by atoms with Gasteiger partial charge in [0.15, 0.2) is 5.96 Å². The van der Waals surface area contributed by atoms with Crippen LogP contribution in [0.25, 0.3) is 0 Å². The van der Waals surface area contributed by atoms with Gasteiger partial charge in [-0.15, -0.1) is 35.7 Å². The van der Waals surface area contributed by atoms with Crippen LogP contribution in [0.5, 0.6) is 0 Å². The Kier molecular flexibility index (Phi) is 8.77. The van der Waals surface area contributed by atoms with Crippen LogP contribution in [0, 0.1) is 5.92 Å². The van der Waals surface area contributed by atoms with Gasteiger partial charge in [0, 0.05) is 43.5 Å². The van der Waals surface area contributed by atoms with Gasteiger partial charge in [0.1, 0.15) is 0 Å². The first-order chi connectivity index (χ1) is 12.3. The van der Waals surface area contributed by atoms with E-state index < -0.39 is 0 Å². The highest BCUT2D eigenvalue weighted by atomic mass is 127. The third-order valence-corrected chi connectivity index (χ3v) is 5.71. The van der Waals surface area contributed by atoms with E-state index in [-0.39, 0.29) is 24.0 Å². The summed E-state index contributed by atoms with van der Waals surface area (Å²) in [5.41, 5.74) is 1.13. The van der Waals surface area contributed by atoms with Crippen molar-refractivity contribution in [2.45, 2.75) is 24.8 Å². The number of thioether (sulfide) groups is 1. The van der Waals surface area contributed by atoms with Gasteiger partial charge in [-0.2, -0.15) is 5.10 Å². The molecule has 1 atom stereocenters. The topological polar surface area (TPSA) is 45.5 Å². The predicted molar refractivity (Wildman–Crippen MR) is 120 cm³/mol.